The normalized spacial score (nSPS) is 13.0. The van der Waals surface area contributed by atoms with Gasteiger partial charge in [-0.25, -0.2) is 0 Å². The molecule has 0 aliphatic heterocycles. The van der Waals surface area contributed by atoms with Crippen molar-refractivity contribution in [3.8, 4) is 39.2 Å². The minimum absolute atomic E-state index is 0.790. The number of rotatable bonds is 5. The second kappa shape index (κ2) is 11.8. The molecule has 2 heteroatoms. The summed E-state index contributed by atoms with van der Waals surface area (Å²) < 4.78 is 2.50. The van der Waals surface area contributed by atoms with Crippen LogP contribution in [0.15, 0.2) is 164 Å². The number of aromatic nitrogens is 1. The van der Waals surface area contributed by atoms with Gasteiger partial charge in [0.1, 0.15) is 0 Å². The monoisotopic (exact) mass is 628 g/mol. The minimum atomic E-state index is 0.790. The average Bonchev–Trinajstić information content (AvgIpc) is 3.50. The van der Waals surface area contributed by atoms with Gasteiger partial charge in [0.05, 0.1) is 11.2 Å². The van der Waals surface area contributed by atoms with Crippen molar-refractivity contribution < 1.29 is 0 Å². The number of benzene rings is 7. The van der Waals surface area contributed by atoms with E-state index in [0.29, 0.717) is 0 Å². The van der Waals surface area contributed by atoms with Crippen molar-refractivity contribution in [2.75, 3.05) is 0 Å². The molecule has 0 bridgehead atoms. The van der Waals surface area contributed by atoms with E-state index in [1.165, 1.54) is 82.8 Å². The fourth-order valence-electron chi connectivity index (χ4n) is 7.74. The van der Waals surface area contributed by atoms with E-state index in [9.17, 15) is 0 Å². The van der Waals surface area contributed by atoms with E-state index < -0.39 is 0 Å². The maximum atomic E-state index is 6.49. The van der Waals surface area contributed by atoms with Crippen LogP contribution in [0.25, 0.3) is 77.3 Å². The Morgan fingerprint density at radius 2 is 1.35 bits per heavy atom. The van der Waals surface area contributed by atoms with Crippen molar-refractivity contribution in [2.45, 2.75) is 19.8 Å². The Hall–Kier alpha value is -6.12. The quantitative estimate of drug-likeness (QED) is 0.189. The molecule has 0 amide bonds. The number of allylic oxidation sites excluding steroid dienone is 3. The fraction of sp³-hybridized carbons (Fsp3) is 0.0638. The largest absolute Gasteiger partial charge is 0.398 e. The third kappa shape index (κ3) is 4.96. The van der Waals surface area contributed by atoms with Crippen LogP contribution in [0.4, 0.5) is 0 Å². The number of hydrogen-bond acceptors (Lipinski definition) is 1. The van der Waals surface area contributed by atoms with Crippen molar-refractivity contribution in [1.82, 2.24) is 4.57 Å². The van der Waals surface area contributed by atoms with Crippen LogP contribution in [0.2, 0.25) is 0 Å². The first-order chi connectivity index (χ1) is 24.2. The predicted octanol–water partition coefficient (Wildman–Crippen LogP) is 11.9. The van der Waals surface area contributed by atoms with Crippen molar-refractivity contribution >= 4 is 38.1 Å². The number of nitrogens with two attached hydrogens (primary N) is 1. The fourth-order valence-corrected chi connectivity index (χ4v) is 7.74. The molecule has 49 heavy (non-hydrogen) atoms. The molecular weight excluding hydrogens is 593 g/mol. The van der Waals surface area contributed by atoms with Gasteiger partial charge in [0.2, 0.25) is 0 Å². The van der Waals surface area contributed by atoms with Gasteiger partial charge in [-0.1, -0.05) is 133 Å². The molecule has 8 aromatic rings. The summed E-state index contributed by atoms with van der Waals surface area (Å²) in [5, 5.41) is 6.35. The number of nitrogens with zero attached hydrogens (tertiary/aromatic N) is 1. The molecule has 0 spiro atoms. The van der Waals surface area contributed by atoms with Crippen LogP contribution in [0, 0.1) is 0 Å². The zero-order valence-corrected chi connectivity index (χ0v) is 27.5. The first kappa shape index (κ1) is 29.1. The summed E-state index contributed by atoms with van der Waals surface area (Å²) in [6.07, 6.45) is 7.96. The van der Waals surface area contributed by atoms with E-state index in [-0.39, 0.29) is 0 Å². The maximum absolute atomic E-state index is 6.49. The van der Waals surface area contributed by atoms with E-state index in [4.69, 9.17) is 5.73 Å². The van der Waals surface area contributed by atoms with E-state index >= 15 is 0 Å². The molecule has 1 aromatic heterocycles. The Bertz CT molecular complexity index is 2610. The third-order valence-corrected chi connectivity index (χ3v) is 10.2. The molecule has 0 saturated heterocycles. The topological polar surface area (TPSA) is 30.9 Å². The summed E-state index contributed by atoms with van der Waals surface area (Å²) in [5.41, 5.74) is 21.0. The van der Waals surface area contributed by atoms with Crippen LogP contribution in [0.3, 0.4) is 0 Å². The molecular formula is C47H36N2. The molecule has 0 radical (unpaired) electrons. The van der Waals surface area contributed by atoms with Crippen LogP contribution in [0.5, 0.6) is 0 Å². The molecule has 0 atom stereocenters. The van der Waals surface area contributed by atoms with E-state index in [1.54, 1.807) is 0 Å². The molecule has 1 aliphatic rings. The molecule has 7 aromatic carbocycles. The lowest BCUT2D eigenvalue weighted by molar-refractivity contribution is 0.933. The number of fused-ring (bicyclic) bond motifs is 7. The summed E-state index contributed by atoms with van der Waals surface area (Å²) in [6.45, 7) is 2.01. The molecule has 9 rings (SSSR count). The minimum Gasteiger partial charge on any atom is -0.398 e. The smallest absolute Gasteiger partial charge is 0.0575 e. The highest BCUT2D eigenvalue weighted by molar-refractivity contribution is 5.99. The first-order valence-electron chi connectivity index (χ1n) is 17.1. The SMILES string of the molecule is C/C=C\C=C(/N)c1ccc2c(c1)CCc1c-2n(-c2ccc3ccccc3c2)c2cc(-c3ccc(-c4cccc5ccccc45)cc3)ccc12. The standard InChI is InChI=1S/C47H36N2/c1-2-3-15-45(48)38-23-25-42-37(28-38)22-27-44-43-26-21-36(30-46(43)49(47(42)44)39-24-20-31-9-4-5-11-35(31)29-39)32-16-18-34(19-17-32)41-14-8-12-33-10-6-7-13-40(33)41/h2-21,23-26,28-30H,22,27,48H2,1H3/b3-2-,45-15-. The van der Waals surface area contributed by atoms with Gasteiger partial charge in [-0.2, -0.15) is 0 Å². The first-order valence-corrected chi connectivity index (χ1v) is 17.1. The molecule has 0 unspecified atom stereocenters. The highest BCUT2D eigenvalue weighted by Crippen LogP contribution is 2.44. The predicted molar refractivity (Wildman–Crippen MR) is 209 cm³/mol. The highest BCUT2D eigenvalue weighted by atomic mass is 15.0. The van der Waals surface area contributed by atoms with Crippen LogP contribution < -0.4 is 5.73 Å². The van der Waals surface area contributed by atoms with Gasteiger partial charge in [0.25, 0.3) is 0 Å². The summed E-state index contributed by atoms with van der Waals surface area (Å²) in [5.74, 6) is 0. The van der Waals surface area contributed by atoms with Gasteiger partial charge in [-0.05, 0) is 111 Å². The maximum Gasteiger partial charge on any atom is 0.0575 e. The zero-order chi connectivity index (χ0) is 32.9. The molecule has 1 heterocycles. The van der Waals surface area contributed by atoms with Gasteiger partial charge in [0.15, 0.2) is 0 Å². The number of aryl methyl sites for hydroxylation is 2. The van der Waals surface area contributed by atoms with Crippen LogP contribution in [-0.4, -0.2) is 4.57 Å². The molecule has 234 valence electrons. The summed E-state index contributed by atoms with van der Waals surface area (Å²) in [4.78, 5) is 0. The summed E-state index contributed by atoms with van der Waals surface area (Å²) in [6, 6.07) is 53.5. The lowest BCUT2D eigenvalue weighted by Crippen LogP contribution is -2.08. The van der Waals surface area contributed by atoms with E-state index in [0.717, 1.165) is 24.1 Å². The Morgan fingerprint density at radius 3 is 2.20 bits per heavy atom. The van der Waals surface area contributed by atoms with Crippen molar-refractivity contribution in [1.29, 1.82) is 0 Å². The molecule has 2 nitrogen and oxygen atoms in total. The van der Waals surface area contributed by atoms with Crippen molar-refractivity contribution in [3.05, 3.63) is 181 Å². The van der Waals surface area contributed by atoms with Gasteiger partial charge >= 0.3 is 0 Å². The second-order valence-corrected chi connectivity index (χ2v) is 13.0. The van der Waals surface area contributed by atoms with Gasteiger partial charge in [0, 0.05) is 22.3 Å². The number of hydrogen-bond donors (Lipinski definition) is 1. The third-order valence-electron chi connectivity index (χ3n) is 10.2. The summed E-state index contributed by atoms with van der Waals surface area (Å²) >= 11 is 0. The molecule has 1 aliphatic carbocycles. The lowest BCUT2D eigenvalue weighted by atomic mass is 9.87. The summed E-state index contributed by atoms with van der Waals surface area (Å²) in [7, 11) is 0. The van der Waals surface area contributed by atoms with Crippen LogP contribution in [-0.2, 0) is 12.8 Å². The van der Waals surface area contributed by atoms with Gasteiger partial charge < -0.3 is 10.3 Å². The Balaban J connectivity index is 1.21. The zero-order valence-electron chi connectivity index (χ0n) is 27.5. The highest BCUT2D eigenvalue weighted by Gasteiger charge is 2.26. The van der Waals surface area contributed by atoms with Gasteiger partial charge in [-0.15, -0.1) is 0 Å². The Kier molecular flexibility index (Phi) is 7.02. The van der Waals surface area contributed by atoms with Crippen LogP contribution in [0.1, 0.15) is 23.6 Å². The Labute approximate surface area is 287 Å². The van der Waals surface area contributed by atoms with Crippen LogP contribution >= 0.6 is 0 Å². The molecule has 0 saturated carbocycles. The van der Waals surface area contributed by atoms with Gasteiger partial charge in [-0.3, -0.25) is 0 Å². The Morgan fingerprint density at radius 1 is 0.592 bits per heavy atom. The van der Waals surface area contributed by atoms with E-state index in [2.05, 4.69) is 150 Å². The van der Waals surface area contributed by atoms with E-state index in [1.807, 2.05) is 25.2 Å². The lowest BCUT2D eigenvalue weighted by Gasteiger charge is -2.21. The molecule has 0 fully saturated rings. The average molecular weight is 629 g/mol. The second-order valence-electron chi connectivity index (χ2n) is 13.0. The molecule has 2 N–H and O–H groups in total. The van der Waals surface area contributed by atoms with Crippen molar-refractivity contribution in [3.63, 3.8) is 0 Å². The van der Waals surface area contributed by atoms with Crippen molar-refractivity contribution in [2.24, 2.45) is 5.73 Å².